The molecule has 106 valence electrons. The van der Waals surface area contributed by atoms with Gasteiger partial charge >= 0.3 is 6.01 Å². The van der Waals surface area contributed by atoms with Crippen molar-refractivity contribution in [1.29, 1.82) is 0 Å². The van der Waals surface area contributed by atoms with Crippen LogP contribution in [0.3, 0.4) is 0 Å². The molecule has 0 fully saturated rings. The van der Waals surface area contributed by atoms with Crippen LogP contribution in [0.2, 0.25) is 5.28 Å². The Morgan fingerprint density at radius 3 is 2.70 bits per heavy atom. The topological polar surface area (TPSA) is 64.0 Å². The number of anilines is 1. The average Bonchev–Trinajstić information content (AvgIpc) is 2.45. The molecule has 0 aliphatic rings. The number of aromatic nitrogens is 4. The van der Waals surface area contributed by atoms with Crippen molar-refractivity contribution in [2.75, 3.05) is 18.1 Å². The third kappa shape index (κ3) is 3.77. The van der Waals surface area contributed by atoms with Crippen molar-refractivity contribution in [3.05, 3.63) is 35.4 Å². The maximum Gasteiger partial charge on any atom is 0.322 e. The molecule has 0 amide bonds. The van der Waals surface area contributed by atoms with Gasteiger partial charge in [0, 0.05) is 12.7 Å². The second-order valence-electron chi connectivity index (χ2n) is 3.96. The minimum absolute atomic E-state index is 0.123. The van der Waals surface area contributed by atoms with E-state index in [4.69, 9.17) is 16.3 Å². The van der Waals surface area contributed by atoms with Gasteiger partial charge in [0.15, 0.2) is 0 Å². The molecule has 0 radical (unpaired) electrons. The Balaban J connectivity index is 2.22. The predicted octanol–water partition coefficient (Wildman–Crippen LogP) is 2.35. The van der Waals surface area contributed by atoms with Crippen molar-refractivity contribution < 1.29 is 4.74 Å². The maximum atomic E-state index is 5.91. The lowest BCUT2D eigenvalue weighted by Gasteiger charge is -2.20. The first kappa shape index (κ1) is 14.5. The van der Waals surface area contributed by atoms with Gasteiger partial charge in [0.05, 0.1) is 18.8 Å². The normalized spacial score (nSPS) is 10.3. The first-order valence-corrected chi connectivity index (χ1v) is 6.80. The standard InChI is InChI=1S/C13H16ClN5O/c1-3-19(9-10-7-5-6-8-15-10)12-16-11(14)17-13(18-12)20-4-2/h5-8H,3-4,9H2,1-2H3. The summed E-state index contributed by atoms with van der Waals surface area (Å²) in [6, 6.07) is 6.02. The summed E-state index contributed by atoms with van der Waals surface area (Å²) in [4.78, 5) is 18.6. The molecule has 0 N–H and O–H groups in total. The Morgan fingerprint density at radius 1 is 1.20 bits per heavy atom. The van der Waals surface area contributed by atoms with E-state index < -0.39 is 0 Å². The van der Waals surface area contributed by atoms with E-state index in [1.54, 1.807) is 6.20 Å². The molecule has 20 heavy (non-hydrogen) atoms. The van der Waals surface area contributed by atoms with E-state index in [9.17, 15) is 0 Å². The Hall–Kier alpha value is -1.95. The summed E-state index contributed by atoms with van der Waals surface area (Å²) < 4.78 is 5.28. The van der Waals surface area contributed by atoms with E-state index in [2.05, 4.69) is 19.9 Å². The molecular weight excluding hydrogens is 278 g/mol. The van der Waals surface area contributed by atoms with Gasteiger partial charge in [0.1, 0.15) is 0 Å². The minimum Gasteiger partial charge on any atom is -0.464 e. The Morgan fingerprint density at radius 2 is 2.05 bits per heavy atom. The zero-order valence-corrected chi connectivity index (χ0v) is 12.2. The maximum absolute atomic E-state index is 5.91. The number of nitrogens with zero attached hydrogens (tertiary/aromatic N) is 5. The largest absolute Gasteiger partial charge is 0.464 e. The summed E-state index contributed by atoms with van der Waals surface area (Å²) in [5, 5.41) is 0.123. The molecule has 0 aliphatic carbocycles. The molecule has 2 rings (SSSR count). The molecule has 0 unspecified atom stereocenters. The zero-order chi connectivity index (χ0) is 14.4. The van der Waals surface area contributed by atoms with Gasteiger partial charge < -0.3 is 9.64 Å². The lowest BCUT2D eigenvalue weighted by atomic mass is 10.3. The number of halogens is 1. The van der Waals surface area contributed by atoms with Crippen LogP contribution in [-0.4, -0.2) is 33.1 Å². The van der Waals surface area contributed by atoms with Gasteiger partial charge in [0.2, 0.25) is 11.2 Å². The van der Waals surface area contributed by atoms with Crippen molar-refractivity contribution >= 4 is 17.5 Å². The Labute approximate surface area is 122 Å². The smallest absolute Gasteiger partial charge is 0.322 e. The van der Waals surface area contributed by atoms with Crippen molar-refractivity contribution in [1.82, 2.24) is 19.9 Å². The highest BCUT2D eigenvalue weighted by molar-refractivity contribution is 6.28. The van der Waals surface area contributed by atoms with Gasteiger partial charge in [-0.05, 0) is 37.6 Å². The van der Waals surface area contributed by atoms with Crippen LogP contribution < -0.4 is 9.64 Å². The van der Waals surface area contributed by atoms with E-state index >= 15 is 0 Å². The molecule has 7 heteroatoms. The van der Waals surface area contributed by atoms with E-state index in [-0.39, 0.29) is 11.3 Å². The summed E-state index contributed by atoms with van der Waals surface area (Å²) in [5.41, 5.74) is 0.934. The first-order valence-electron chi connectivity index (χ1n) is 6.42. The van der Waals surface area contributed by atoms with Crippen LogP contribution in [0.1, 0.15) is 19.5 Å². The number of ether oxygens (including phenoxy) is 1. The summed E-state index contributed by atoms with van der Waals surface area (Å²) >= 11 is 5.91. The van der Waals surface area contributed by atoms with Gasteiger partial charge in [-0.1, -0.05) is 6.07 Å². The second-order valence-corrected chi connectivity index (χ2v) is 4.29. The molecule has 0 aliphatic heterocycles. The van der Waals surface area contributed by atoms with Gasteiger partial charge in [-0.3, -0.25) is 4.98 Å². The van der Waals surface area contributed by atoms with Crippen molar-refractivity contribution in [3.63, 3.8) is 0 Å². The van der Waals surface area contributed by atoms with Crippen LogP contribution in [-0.2, 0) is 6.54 Å². The monoisotopic (exact) mass is 293 g/mol. The Bertz CT molecular complexity index is 552. The number of hydrogen-bond donors (Lipinski definition) is 0. The molecule has 2 heterocycles. The highest BCUT2D eigenvalue weighted by Crippen LogP contribution is 2.16. The van der Waals surface area contributed by atoms with Crippen LogP contribution in [0.4, 0.5) is 5.95 Å². The minimum atomic E-state index is 0.123. The second kappa shape index (κ2) is 7.00. The number of pyridine rings is 1. The fourth-order valence-electron chi connectivity index (χ4n) is 1.67. The van der Waals surface area contributed by atoms with E-state index in [0.29, 0.717) is 19.1 Å². The molecule has 0 spiro atoms. The van der Waals surface area contributed by atoms with E-state index in [1.165, 1.54) is 0 Å². The first-order chi connectivity index (χ1) is 9.72. The molecule has 2 aromatic rings. The third-order valence-corrected chi connectivity index (χ3v) is 2.76. The molecule has 0 atom stereocenters. The highest BCUT2D eigenvalue weighted by Gasteiger charge is 2.13. The van der Waals surface area contributed by atoms with Gasteiger partial charge in [0.25, 0.3) is 0 Å². The lowest BCUT2D eigenvalue weighted by Crippen LogP contribution is -2.25. The van der Waals surface area contributed by atoms with Crippen LogP contribution >= 0.6 is 11.6 Å². The van der Waals surface area contributed by atoms with Crippen LogP contribution in [0, 0.1) is 0 Å². The number of rotatable bonds is 6. The van der Waals surface area contributed by atoms with E-state index in [1.807, 2.05) is 36.9 Å². The third-order valence-electron chi connectivity index (χ3n) is 2.59. The SMILES string of the molecule is CCOc1nc(Cl)nc(N(CC)Cc2ccccn2)n1. The molecular formula is C13H16ClN5O. The van der Waals surface area contributed by atoms with E-state index in [0.717, 1.165) is 12.2 Å². The molecule has 6 nitrogen and oxygen atoms in total. The molecule has 2 aromatic heterocycles. The van der Waals surface area contributed by atoms with Crippen molar-refractivity contribution in [2.45, 2.75) is 20.4 Å². The van der Waals surface area contributed by atoms with Crippen LogP contribution in [0.5, 0.6) is 6.01 Å². The summed E-state index contributed by atoms with van der Waals surface area (Å²) in [7, 11) is 0. The van der Waals surface area contributed by atoms with Gasteiger partial charge in [-0.2, -0.15) is 15.0 Å². The van der Waals surface area contributed by atoms with Crippen LogP contribution in [0.15, 0.2) is 24.4 Å². The number of hydrogen-bond acceptors (Lipinski definition) is 6. The van der Waals surface area contributed by atoms with Crippen molar-refractivity contribution in [3.8, 4) is 6.01 Å². The molecule has 0 aromatic carbocycles. The van der Waals surface area contributed by atoms with Crippen LogP contribution in [0.25, 0.3) is 0 Å². The molecule has 0 saturated carbocycles. The zero-order valence-electron chi connectivity index (χ0n) is 11.5. The summed E-state index contributed by atoms with van der Waals surface area (Å²) in [5.74, 6) is 0.488. The average molecular weight is 294 g/mol. The fourth-order valence-corrected chi connectivity index (χ4v) is 1.82. The van der Waals surface area contributed by atoms with Gasteiger partial charge in [-0.25, -0.2) is 0 Å². The predicted molar refractivity (Wildman–Crippen MR) is 77.0 cm³/mol. The molecule has 0 bridgehead atoms. The molecule has 0 saturated heterocycles. The lowest BCUT2D eigenvalue weighted by molar-refractivity contribution is 0.311. The highest BCUT2D eigenvalue weighted by atomic mass is 35.5. The van der Waals surface area contributed by atoms with Gasteiger partial charge in [-0.15, -0.1) is 0 Å². The summed E-state index contributed by atoms with van der Waals surface area (Å²) in [6.07, 6.45) is 1.76. The fraction of sp³-hybridized carbons (Fsp3) is 0.385. The quantitative estimate of drug-likeness (QED) is 0.814. The Kier molecular flexibility index (Phi) is 5.06. The van der Waals surface area contributed by atoms with Crippen molar-refractivity contribution in [2.24, 2.45) is 0 Å². The summed E-state index contributed by atoms with van der Waals surface area (Å²) in [6.45, 7) is 5.68.